The molecule has 0 spiro atoms. The Balaban J connectivity index is 1.68. The molecule has 1 aromatic carbocycles. The van der Waals surface area contributed by atoms with Gasteiger partial charge < -0.3 is 10.2 Å². The van der Waals surface area contributed by atoms with E-state index in [9.17, 15) is 0 Å². The van der Waals surface area contributed by atoms with Gasteiger partial charge >= 0.3 is 0 Å². The van der Waals surface area contributed by atoms with E-state index in [0.29, 0.717) is 0 Å². The number of rotatable bonds is 5. The van der Waals surface area contributed by atoms with E-state index >= 15 is 0 Å². The Morgan fingerprint density at radius 1 is 1.33 bits per heavy atom. The predicted molar refractivity (Wildman–Crippen MR) is 84.6 cm³/mol. The molecule has 0 saturated carbocycles. The van der Waals surface area contributed by atoms with E-state index in [1.807, 2.05) is 12.1 Å². The lowest BCUT2D eigenvalue weighted by molar-refractivity contribution is 0.301. The molecule has 0 unspecified atom stereocenters. The monoisotopic (exact) mass is 348 g/mol. The fourth-order valence-electron chi connectivity index (χ4n) is 1.95. The van der Waals surface area contributed by atoms with Crippen molar-refractivity contribution in [2.75, 3.05) is 37.7 Å². The third-order valence-corrected chi connectivity index (χ3v) is 4.83. The molecule has 0 atom stereocenters. The maximum absolute atomic E-state index is 6.17. The lowest BCUT2D eigenvalue weighted by Crippen LogP contribution is -2.37. The summed E-state index contributed by atoms with van der Waals surface area (Å²) in [6, 6.07) is 6.04. The van der Waals surface area contributed by atoms with Gasteiger partial charge in [0.05, 0.1) is 0 Å². The standard InChI is InChI=1S/C13H18BrClN2S/c14-12-2-1-11(13(15)9-12)10-16-3-4-17-5-7-18-8-6-17/h1-2,9,16H,3-8,10H2. The summed E-state index contributed by atoms with van der Waals surface area (Å²) in [5, 5.41) is 4.29. The normalized spacial score (nSPS) is 17.0. The molecule has 1 saturated heterocycles. The van der Waals surface area contributed by atoms with Crippen LogP contribution in [-0.2, 0) is 6.54 Å². The summed E-state index contributed by atoms with van der Waals surface area (Å²) < 4.78 is 1.03. The van der Waals surface area contributed by atoms with Crippen molar-refractivity contribution >= 4 is 39.3 Å². The van der Waals surface area contributed by atoms with Gasteiger partial charge in [0, 0.05) is 53.7 Å². The van der Waals surface area contributed by atoms with Crippen molar-refractivity contribution < 1.29 is 0 Å². The van der Waals surface area contributed by atoms with Crippen LogP contribution in [0.3, 0.4) is 0 Å². The van der Waals surface area contributed by atoms with Gasteiger partial charge in [0.25, 0.3) is 0 Å². The molecule has 0 radical (unpaired) electrons. The maximum atomic E-state index is 6.17. The topological polar surface area (TPSA) is 15.3 Å². The number of halogens is 2. The van der Waals surface area contributed by atoms with Gasteiger partial charge in [-0.05, 0) is 17.7 Å². The van der Waals surface area contributed by atoms with Crippen LogP contribution in [0.15, 0.2) is 22.7 Å². The summed E-state index contributed by atoms with van der Waals surface area (Å²) in [7, 11) is 0. The second kappa shape index (κ2) is 7.75. The first-order chi connectivity index (χ1) is 8.75. The third-order valence-electron chi connectivity index (χ3n) is 3.04. The van der Waals surface area contributed by atoms with Crippen molar-refractivity contribution in [2.45, 2.75) is 6.54 Å². The van der Waals surface area contributed by atoms with Gasteiger partial charge in [0.1, 0.15) is 0 Å². The SMILES string of the molecule is Clc1cc(Br)ccc1CNCCN1CCSCC1. The first-order valence-electron chi connectivity index (χ1n) is 6.20. The Morgan fingerprint density at radius 2 is 2.11 bits per heavy atom. The second-order valence-electron chi connectivity index (χ2n) is 4.37. The van der Waals surface area contributed by atoms with Crippen LogP contribution in [0.2, 0.25) is 5.02 Å². The number of hydrogen-bond acceptors (Lipinski definition) is 3. The number of nitrogens with zero attached hydrogens (tertiary/aromatic N) is 1. The smallest absolute Gasteiger partial charge is 0.0462 e. The van der Waals surface area contributed by atoms with Crippen LogP contribution in [0.4, 0.5) is 0 Å². The van der Waals surface area contributed by atoms with Gasteiger partial charge in [0.2, 0.25) is 0 Å². The van der Waals surface area contributed by atoms with E-state index in [4.69, 9.17) is 11.6 Å². The van der Waals surface area contributed by atoms with Crippen molar-refractivity contribution in [1.29, 1.82) is 0 Å². The van der Waals surface area contributed by atoms with Gasteiger partial charge in [-0.15, -0.1) is 0 Å². The summed E-state index contributed by atoms with van der Waals surface area (Å²) in [5.74, 6) is 2.55. The van der Waals surface area contributed by atoms with Crippen molar-refractivity contribution in [3.8, 4) is 0 Å². The van der Waals surface area contributed by atoms with E-state index in [1.165, 1.54) is 24.6 Å². The predicted octanol–water partition coefficient (Wildman–Crippen LogP) is 3.24. The van der Waals surface area contributed by atoms with Crippen molar-refractivity contribution in [3.63, 3.8) is 0 Å². The summed E-state index contributed by atoms with van der Waals surface area (Å²) in [6.45, 7) is 5.46. The summed E-state index contributed by atoms with van der Waals surface area (Å²) in [4.78, 5) is 2.52. The van der Waals surface area contributed by atoms with Crippen molar-refractivity contribution in [1.82, 2.24) is 10.2 Å². The molecule has 2 nitrogen and oxygen atoms in total. The molecular formula is C13H18BrClN2S. The van der Waals surface area contributed by atoms with Crippen LogP contribution in [0.25, 0.3) is 0 Å². The number of thioether (sulfide) groups is 1. The minimum absolute atomic E-state index is 0.825. The Kier molecular flexibility index (Phi) is 6.32. The summed E-state index contributed by atoms with van der Waals surface area (Å²) in [6.07, 6.45) is 0. The lowest BCUT2D eigenvalue weighted by atomic mass is 10.2. The van der Waals surface area contributed by atoms with Crippen molar-refractivity contribution in [2.24, 2.45) is 0 Å². The Morgan fingerprint density at radius 3 is 2.83 bits per heavy atom. The Bertz CT molecular complexity index is 383. The van der Waals surface area contributed by atoms with E-state index in [-0.39, 0.29) is 0 Å². The lowest BCUT2D eigenvalue weighted by Gasteiger charge is -2.26. The molecular weight excluding hydrogens is 332 g/mol. The highest BCUT2D eigenvalue weighted by atomic mass is 79.9. The van der Waals surface area contributed by atoms with Crippen LogP contribution in [0.1, 0.15) is 5.56 Å². The number of nitrogens with one attached hydrogen (secondary N) is 1. The van der Waals surface area contributed by atoms with E-state index in [1.54, 1.807) is 0 Å². The molecule has 0 bridgehead atoms. The molecule has 0 amide bonds. The molecule has 1 aliphatic rings. The van der Waals surface area contributed by atoms with Crippen LogP contribution in [0.5, 0.6) is 0 Å². The molecule has 18 heavy (non-hydrogen) atoms. The fourth-order valence-corrected chi connectivity index (χ4v) is 3.67. The molecule has 1 N–H and O–H groups in total. The molecule has 1 heterocycles. The second-order valence-corrected chi connectivity index (χ2v) is 6.91. The third kappa shape index (κ3) is 4.74. The number of benzene rings is 1. The molecule has 1 fully saturated rings. The zero-order chi connectivity index (χ0) is 12.8. The zero-order valence-electron chi connectivity index (χ0n) is 10.3. The van der Waals surface area contributed by atoms with E-state index < -0.39 is 0 Å². The highest BCUT2D eigenvalue weighted by molar-refractivity contribution is 9.10. The van der Waals surface area contributed by atoms with Gasteiger partial charge in [-0.1, -0.05) is 33.6 Å². The van der Waals surface area contributed by atoms with Crippen LogP contribution in [0, 0.1) is 0 Å². The minimum atomic E-state index is 0.825. The van der Waals surface area contributed by atoms with E-state index in [2.05, 4.69) is 44.0 Å². The molecule has 0 aliphatic carbocycles. The van der Waals surface area contributed by atoms with Crippen LogP contribution in [-0.4, -0.2) is 42.6 Å². The summed E-state index contributed by atoms with van der Waals surface area (Å²) in [5.41, 5.74) is 1.16. The van der Waals surface area contributed by atoms with Crippen LogP contribution < -0.4 is 5.32 Å². The largest absolute Gasteiger partial charge is 0.311 e. The average molecular weight is 350 g/mol. The van der Waals surface area contributed by atoms with Crippen molar-refractivity contribution in [3.05, 3.63) is 33.3 Å². The fraction of sp³-hybridized carbons (Fsp3) is 0.538. The Labute approximate surface area is 127 Å². The van der Waals surface area contributed by atoms with Gasteiger partial charge in [0.15, 0.2) is 0 Å². The molecule has 0 aromatic heterocycles. The number of hydrogen-bond donors (Lipinski definition) is 1. The van der Waals surface area contributed by atoms with Gasteiger partial charge in [-0.2, -0.15) is 11.8 Å². The minimum Gasteiger partial charge on any atom is -0.311 e. The average Bonchev–Trinajstić information content (AvgIpc) is 2.38. The van der Waals surface area contributed by atoms with Crippen LogP contribution >= 0.6 is 39.3 Å². The van der Waals surface area contributed by atoms with Gasteiger partial charge in [-0.25, -0.2) is 0 Å². The highest BCUT2D eigenvalue weighted by Gasteiger charge is 2.09. The zero-order valence-corrected chi connectivity index (χ0v) is 13.5. The molecule has 100 valence electrons. The highest BCUT2D eigenvalue weighted by Crippen LogP contribution is 2.21. The molecule has 1 aliphatic heterocycles. The molecule has 5 heteroatoms. The summed E-state index contributed by atoms with van der Waals surface area (Å²) >= 11 is 11.6. The Hall–Kier alpha value is 0.260. The van der Waals surface area contributed by atoms with Gasteiger partial charge in [-0.3, -0.25) is 0 Å². The first kappa shape index (κ1) is 14.7. The molecule has 2 rings (SSSR count). The van der Waals surface area contributed by atoms with E-state index in [0.717, 1.165) is 34.7 Å². The first-order valence-corrected chi connectivity index (χ1v) is 8.53. The molecule has 1 aromatic rings. The maximum Gasteiger partial charge on any atom is 0.0462 e. The quantitative estimate of drug-likeness (QED) is 0.822.